The van der Waals surface area contributed by atoms with Crippen molar-refractivity contribution in [2.24, 2.45) is 5.14 Å². The standard InChI is InChI=1S/C19H17N3O3S/c1-14-18(9-5-8-15-6-3-2-4-7-15)19(23)22(21-14)16-10-12-17(13-11-16)26(20,24)25/h2-13,21H,1H2,(H2,20,24,25)/b8-5+,18-9-. The second kappa shape index (κ2) is 6.99. The molecule has 0 saturated carbocycles. The summed E-state index contributed by atoms with van der Waals surface area (Å²) in [5.41, 5.74) is 1.22. The van der Waals surface area contributed by atoms with Gasteiger partial charge in [-0.25, -0.2) is 18.2 Å². The number of sulfonamides is 1. The van der Waals surface area contributed by atoms with Crippen molar-refractivity contribution in [1.82, 2.24) is 9.78 Å². The third kappa shape index (κ3) is 3.74. The summed E-state index contributed by atoms with van der Waals surface area (Å²) in [4.78, 5) is 12.6. The normalized spacial score (nSPS) is 12.7. The number of nitrogens with two attached hydrogens (primary N) is 1. The molecule has 0 aliphatic rings. The largest absolute Gasteiger partial charge is 0.291 e. The highest BCUT2D eigenvalue weighted by Crippen LogP contribution is 2.09. The Morgan fingerprint density at radius 1 is 1.04 bits per heavy atom. The lowest BCUT2D eigenvalue weighted by molar-refractivity contribution is 0.598. The Kier molecular flexibility index (Phi) is 4.75. The Hall–Kier alpha value is -3.16. The molecule has 7 heteroatoms. The van der Waals surface area contributed by atoms with Crippen LogP contribution < -0.4 is 21.3 Å². The van der Waals surface area contributed by atoms with Crippen molar-refractivity contribution < 1.29 is 8.42 Å². The molecule has 26 heavy (non-hydrogen) atoms. The van der Waals surface area contributed by atoms with Crippen molar-refractivity contribution >= 4 is 28.8 Å². The summed E-state index contributed by atoms with van der Waals surface area (Å²) in [6.45, 7) is 3.85. The second-order valence-electron chi connectivity index (χ2n) is 5.62. The molecule has 0 radical (unpaired) electrons. The van der Waals surface area contributed by atoms with Crippen LogP contribution in [0.2, 0.25) is 0 Å². The fourth-order valence-electron chi connectivity index (χ4n) is 2.45. The molecule has 3 aromatic rings. The monoisotopic (exact) mass is 367 g/mol. The summed E-state index contributed by atoms with van der Waals surface area (Å²) in [5.74, 6) is 0. The minimum atomic E-state index is -3.78. The molecule has 3 rings (SSSR count). The van der Waals surface area contributed by atoms with Crippen molar-refractivity contribution in [3.8, 4) is 5.69 Å². The van der Waals surface area contributed by atoms with Crippen LogP contribution in [0, 0.1) is 0 Å². The van der Waals surface area contributed by atoms with Gasteiger partial charge < -0.3 is 0 Å². The Balaban J connectivity index is 1.98. The van der Waals surface area contributed by atoms with E-state index in [9.17, 15) is 13.2 Å². The number of benzene rings is 2. The first-order chi connectivity index (χ1) is 12.4. The summed E-state index contributed by atoms with van der Waals surface area (Å²) >= 11 is 0. The Morgan fingerprint density at radius 2 is 1.69 bits per heavy atom. The van der Waals surface area contributed by atoms with Gasteiger partial charge in [0.1, 0.15) is 0 Å². The van der Waals surface area contributed by atoms with Crippen LogP contribution in [0.3, 0.4) is 0 Å². The number of allylic oxidation sites excluding steroid dienone is 1. The van der Waals surface area contributed by atoms with Gasteiger partial charge in [-0.05, 0) is 35.9 Å². The van der Waals surface area contributed by atoms with Crippen molar-refractivity contribution in [3.63, 3.8) is 0 Å². The molecule has 0 atom stereocenters. The van der Waals surface area contributed by atoms with Crippen LogP contribution in [0.4, 0.5) is 0 Å². The lowest BCUT2D eigenvalue weighted by Crippen LogP contribution is -2.33. The molecule has 2 aromatic carbocycles. The first kappa shape index (κ1) is 17.7. The zero-order valence-corrected chi connectivity index (χ0v) is 14.6. The van der Waals surface area contributed by atoms with E-state index in [0.717, 1.165) is 5.56 Å². The molecule has 1 heterocycles. The summed E-state index contributed by atoms with van der Waals surface area (Å²) < 4.78 is 23.9. The van der Waals surface area contributed by atoms with E-state index in [1.807, 2.05) is 36.4 Å². The topological polar surface area (TPSA) is 97.9 Å². The highest BCUT2D eigenvalue weighted by molar-refractivity contribution is 7.89. The molecule has 6 nitrogen and oxygen atoms in total. The molecule has 0 amide bonds. The lowest BCUT2D eigenvalue weighted by atomic mass is 10.2. The summed E-state index contributed by atoms with van der Waals surface area (Å²) in [6, 6.07) is 15.4. The fraction of sp³-hybridized carbons (Fsp3) is 0. The molecule has 3 N–H and O–H groups in total. The fourth-order valence-corrected chi connectivity index (χ4v) is 2.97. The number of aromatic amines is 1. The number of aromatic nitrogens is 2. The van der Waals surface area contributed by atoms with Gasteiger partial charge in [0.2, 0.25) is 10.0 Å². The van der Waals surface area contributed by atoms with Crippen molar-refractivity contribution in [2.75, 3.05) is 0 Å². The predicted octanol–water partition coefficient (Wildman–Crippen LogP) is 0.717. The predicted molar refractivity (Wildman–Crippen MR) is 102 cm³/mol. The maximum atomic E-state index is 12.6. The van der Waals surface area contributed by atoms with Gasteiger partial charge in [-0.2, -0.15) is 0 Å². The van der Waals surface area contributed by atoms with Crippen LogP contribution in [-0.4, -0.2) is 18.2 Å². The van der Waals surface area contributed by atoms with E-state index >= 15 is 0 Å². The van der Waals surface area contributed by atoms with Gasteiger partial charge in [-0.15, -0.1) is 0 Å². The van der Waals surface area contributed by atoms with Gasteiger partial charge in [0.15, 0.2) is 0 Å². The van der Waals surface area contributed by atoms with Gasteiger partial charge in [0.05, 0.1) is 21.2 Å². The number of hydrogen-bond acceptors (Lipinski definition) is 3. The SMILES string of the molecule is C=c1[nH]n(-c2ccc(S(N)(=O)=O)cc2)c(=O)/c1=C\C=C\c1ccccc1. The van der Waals surface area contributed by atoms with E-state index < -0.39 is 10.0 Å². The van der Waals surface area contributed by atoms with Crippen LogP contribution in [0.25, 0.3) is 24.4 Å². The van der Waals surface area contributed by atoms with E-state index in [4.69, 9.17) is 5.14 Å². The van der Waals surface area contributed by atoms with Crippen molar-refractivity contribution in [1.29, 1.82) is 0 Å². The molecule has 0 fully saturated rings. The Morgan fingerprint density at radius 3 is 2.31 bits per heavy atom. The molecule has 1 aromatic heterocycles. The first-order valence-electron chi connectivity index (χ1n) is 7.73. The van der Waals surface area contributed by atoms with E-state index in [-0.39, 0.29) is 10.5 Å². The number of nitrogens with zero attached hydrogens (tertiary/aromatic N) is 1. The Bertz CT molecular complexity index is 1220. The number of rotatable bonds is 4. The molecule has 0 unspecified atom stereocenters. The zero-order chi connectivity index (χ0) is 18.7. The number of nitrogens with one attached hydrogen (secondary N) is 1. The summed E-state index contributed by atoms with van der Waals surface area (Å²) in [5, 5.41) is 8.85. The molecule has 0 aliphatic heterocycles. The van der Waals surface area contributed by atoms with Crippen LogP contribution in [-0.2, 0) is 10.0 Å². The molecular formula is C19H17N3O3S. The second-order valence-corrected chi connectivity index (χ2v) is 7.18. The van der Waals surface area contributed by atoms with Gasteiger partial charge >= 0.3 is 0 Å². The minimum Gasteiger partial charge on any atom is -0.291 e. The van der Waals surface area contributed by atoms with Gasteiger partial charge in [-0.1, -0.05) is 49.1 Å². The van der Waals surface area contributed by atoms with Gasteiger partial charge in [-0.3, -0.25) is 9.89 Å². The number of primary sulfonamides is 1. The highest BCUT2D eigenvalue weighted by atomic mass is 32.2. The van der Waals surface area contributed by atoms with E-state index in [0.29, 0.717) is 16.3 Å². The maximum absolute atomic E-state index is 12.6. The third-order valence-electron chi connectivity index (χ3n) is 3.78. The van der Waals surface area contributed by atoms with E-state index in [2.05, 4.69) is 11.7 Å². The smallest absolute Gasteiger partial charge is 0.279 e. The minimum absolute atomic E-state index is 0.0201. The first-order valence-corrected chi connectivity index (χ1v) is 9.27. The van der Waals surface area contributed by atoms with Crippen molar-refractivity contribution in [3.05, 3.63) is 87.2 Å². The molecule has 0 saturated heterocycles. The number of hydrogen-bond donors (Lipinski definition) is 2. The van der Waals surface area contributed by atoms with Crippen LogP contribution in [0.1, 0.15) is 5.56 Å². The van der Waals surface area contributed by atoms with Gasteiger partial charge in [0.25, 0.3) is 5.56 Å². The molecule has 132 valence electrons. The molecule has 0 aliphatic carbocycles. The van der Waals surface area contributed by atoms with Crippen LogP contribution in [0.15, 0.2) is 70.4 Å². The van der Waals surface area contributed by atoms with E-state index in [1.54, 1.807) is 12.2 Å². The van der Waals surface area contributed by atoms with Gasteiger partial charge in [0, 0.05) is 0 Å². The summed E-state index contributed by atoms with van der Waals surface area (Å²) in [6.07, 6.45) is 5.35. The average Bonchev–Trinajstić information content (AvgIpc) is 2.90. The quantitative estimate of drug-likeness (QED) is 0.711. The lowest BCUT2D eigenvalue weighted by Gasteiger charge is -2.02. The number of H-pyrrole nitrogens is 1. The zero-order valence-electron chi connectivity index (χ0n) is 13.8. The highest BCUT2D eigenvalue weighted by Gasteiger charge is 2.09. The average molecular weight is 367 g/mol. The van der Waals surface area contributed by atoms with E-state index in [1.165, 1.54) is 28.9 Å². The maximum Gasteiger partial charge on any atom is 0.279 e. The van der Waals surface area contributed by atoms with Crippen molar-refractivity contribution in [2.45, 2.75) is 4.90 Å². The summed E-state index contributed by atoms with van der Waals surface area (Å²) in [7, 11) is -3.78. The van der Waals surface area contributed by atoms with Crippen LogP contribution in [0.5, 0.6) is 0 Å². The Labute approximate surface area is 150 Å². The third-order valence-corrected chi connectivity index (χ3v) is 4.71. The molecular weight excluding hydrogens is 350 g/mol. The van der Waals surface area contributed by atoms with Crippen LogP contribution >= 0.6 is 0 Å². The molecule has 0 spiro atoms. The molecule has 0 bridgehead atoms.